The Morgan fingerprint density at radius 3 is 3.00 bits per heavy atom. The summed E-state index contributed by atoms with van der Waals surface area (Å²) in [4.78, 5) is 21.0. The normalized spacial score (nSPS) is 20.4. The number of rotatable bonds is 2. The van der Waals surface area contributed by atoms with E-state index >= 15 is 0 Å². The zero-order chi connectivity index (χ0) is 13.9. The molecule has 0 aliphatic carbocycles. The van der Waals surface area contributed by atoms with Gasteiger partial charge < -0.3 is 14.6 Å². The number of nitrogens with zero attached hydrogens (tertiary/aromatic N) is 2. The van der Waals surface area contributed by atoms with E-state index < -0.39 is 5.60 Å². The summed E-state index contributed by atoms with van der Waals surface area (Å²) < 4.78 is 5.43. The van der Waals surface area contributed by atoms with Crippen LogP contribution in [0.15, 0.2) is 12.5 Å². The number of hydrogen-bond donors (Lipinski definition) is 1. The van der Waals surface area contributed by atoms with Crippen LogP contribution in [0.3, 0.4) is 0 Å². The van der Waals surface area contributed by atoms with Crippen molar-refractivity contribution in [3.8, 4) is 0 Å². The van der Waals surface area contributed by atoms with Gasteiger partial charge in [-0.25, -0.2) is 9.78 Å². The third-order valence-corrected chi connectivity index (χ3v) is 3.23. The number of aromatic amines is 1. The Kier molecular flexibility index (Phi) is 4.12. The van der Waals surface area contributed by atoms with Gasteiger partial charge in [-0.3, -0.25) is 0 Å². The Labute approximate surface area is 114 Å². The van der Waals surface area contributed by atoms with Crippen molar-refractivity contribution in [2.75, 3.05) is 13.1 Å². The maximum absolute atomic E-state index is 12.0. The average Bonchev–Trinajstić information content (AvgIpc) is 2.80. The number of amides is 1. The standard InChI is InChI=1S/C14H23N3O2/c1-14(2,3)19-13(18)17-6-4-5-11(9-17)7-12-8-15-10-16-12/h8,10-11H,4-7,9H2,1-3H3,(H,15,16)/t11-/m0/s1. The van der Waals surface area contributed by atoms with E-state index in [1.165, 1.54) is 0 Å². The molecule has 0 spiro atoms. The van der Waals surface area contributed by atoms with E-state index in [0.29, 0.717) is 5.92 Å². The number of likely N-dealkylation sites (tertiary alicyclic amines) is 1. The molecule has 0 radical (unpaired) electrons. The maximum atomic E-state index is 12.0. The minimum absolute atomic E-state index is 0.193. The first-order valence-electron chi connectivity index (χ1n) is 6.89. The third-order valence-electron chi connectivity index (χ3n) is 3.23. The molecule has 106 valence electrons. The second kappa shape index (κ2) is 5.63. The van der Waals surface area contributed by atoms with Gasteiger partial charge in [0.1, 0.15) is 5.60 Å². The van der Waals surface area contributed by atoms with Crippen LogP contribution in [0.2, 0.25) is 0 Å². The van der Waals surface area contributed by atoms with Crippen LogP contribution in [0, 0.1) is 5.92 Å². The van der Waals surface area contributed by atoms with Crippen molar-refractivity contribution in [3.05, 3.63) is 18.2 Å². The summed E-state index contributed by atoms with van der Waals surface area (Å²) in [6, 6.07) is 0. The first kappa shape index (κ1) is 13.9. The number of piperidine rings is 1. The number of imidazole rings is 1. The molecule has 1 saturated heterocycles. The van der Waals surface area contributed by atoms with Gasteiger partial charge in [0.15, 0.2) is 0 Å². The van der Waals surface area contributed by atoms with Crippen molar-refractivity contribution in [3.63, 3.8) is 0 Å². The quantitative estimate of drug-likeness (QED) is 0.894. The highest BCUT2D eigenvalue weighted by Gasteiger charge is 2.27. The molecule has 1 N–H and O–H groups in total. The minimum Gasteiger partial charge on any atom is -0.444 e. The van der Waals surface area contributed by atoms with Crippen molar-refractivity contribution in [2.45, 2.75) is 45.6 Å². The second-order valence-corrected chi connectivity index (χ2v) is 6.22. The topological polar surface area (TPSA) is 58.2 Å². The molecular formula is C14H23N3O2. The minimum atomic E-state index is -0.423. The van der Waals surface area contributed by atoms with Gasteiger partial charge in [-0.2, -0.15) is 0 Å². The summed E-state index contributed by atoms with van der Waals surface area (Å²) >= 11 is 0. The van der Waals surface area contributed by atoms with Gasteiger partial charge >= 0.3 is 6.09 Å². The molecule has 2 rings (SSSR count). The monoisotopic (exact) mass is 265 g/mol. The smallest absolute Gasteiger partial charge is 0.410 e. The maximum Gasteiger partial charge on any atom is 0.410 e. The van der Waals surface area contributed by atoms with E-state index in [1.54, 1.807) is 6.33 Å². The first-order chi connectivity index (χ1) is 8.94. The highest BCUT2D eigenvalue weighted by molar-refractivity contribution is 5.68. The lowest BCUT2D eigenvalue weighted by molar-refractivity contribution is 0.0165. The number of carbonyl (C=O) groups is 1. The van der Waals surface area contributed by atoms with Crippen LogP contribution < -0.4 is 0 Å². The number of hydrogen-bond acceptors (Lipinski definition) is 3. The third kappa shape index (κ3) is 4.26. The summed E-state index contributed by atoms with van der Waals surface area (Å²) in [6.07, 6.45) is 6.49. The molecular weight excluding hydrogens is 242 g/mol. The molecule has 5 heteroatoms. The zero-order valence-corrected chi connectivity index (χ0v) is 12.0. The summed E-state index contributed by atoms with van der Waals surface area (Å²) in [7, 11) is 0. The fraction of sp³-hybridized carbons (Fsp3) is 0.714. The van der Waals surface area contributed by atoms with Crippen LogP contribution in [0.5, 0.6) is 0 Å². The van der Waals surface area contributed by atoms with Crippen LogP contribution in [0.25, 0.3) is 0 Å². The summed E-state index contributed by atoms with van der Waals surface area (Å²) in [5.74, 6) is 0.488. The summed E-state index contributed by atoms with van der Waals surface area (Å²) in [5, 5.41) is 0. The lowest BCUT2D eigenvalue weighted by Crippen LogP contribution is -2.43. The fourth-order valence-electron chi connectivity index (χ4n) is 2.43. The molecule has 1 aliphatic rings. The van der Waals surface area contributed by atoms with E-state index in [1.807, 2.05) is 31.9 Å². The lowest BCUT2D eigenvalue weighted by atomic mass is 9.94. The van der Waals surface area contributed by atoms with E-state index in [0.717, 1.165) is 38.0 Å². The van der Waals surface area contributed by atoms with Crippen molar-refractivity contribution >= 4 is 6.09 Å². The largest absolute Gasteiger partial charge is 0.444 e. The molecule has 0 unspecified atom stereocenters. The Bertz CT molecular complexity index is 409. The molecule has 1 aromatic rings. The molecule has 5 nitrogen and oxygen atoms in total. The molecule has 1 aliphatic heterocycles. The number of H-pyrrole nitrogens is 1. The van der Waals surface area contributed by atoms with Gasteiger partial charge in [0.2, 0.25) is 0 Å². The van der Waals surface area contributed by atoms with E-state index in [2.05, 4.69) is 9.97 Å². The SMILES string of the molecule is CC(C)(C)OC(=O)N1CCC[C@@H](Cc2cnc[nH]2)C1. The van der Waals surface area contributed by atoms with E-state index in [9.17, 15) is 4.79 Å². The van der Waals surface area contributed by atoms with Crippen molar-refractivity contribution in [1.82, 2.24) is 14.9 Å². The molecule has 0 bridgehead atoms. The second-order valence-electron chi connectivity index (χ2n) is 6.22. The van der Waals surface area contributed by atoms with Gasteiger partial charge in [-0.05, 0) is 46.0 Å². The highest BCUT2D eigenvalue weighted by atomic mass is 16.6. The van der Waals surface area contributed by atoms with Crippen LogP contribution in [0.4, 0.5) is 4.79 Å². The highest BCUT2D eigenvalue weighted by Crippen LogP contribution is 2.21. The fourth-order valence-corrected chi connectivity index (χ4v) is 2.43. The van der Waals surface area contributed by atoms with Gasteiger partial charge in [0, 0.05) is 25.0 Å². The van der Waals surface area contributed by atoms with Gasteiger partial charge in [-0.15, -0.1) is 0 Å². The van der Waals surface area contributed by atoms with E-state index in [-0.39, 0.29) is 6.09 Å². The summed E-state index contributed by atoms with van der Waals surface area (Å²) in [5.41, 5.74) is 0.712. The van der Waals surface area contributed by atoms with Crippen molar-refractivity contribution in [1.29, 1.82) is 0 Å². The summed E-state index contributed by atoms with van der Waals surface area (Å²) in [6.45, 7) is 7.27. The molecule has 19 heavy (non-hydrogen) atoms. The predicted molar refractivity (Wildman–Crippen MR) is 72.8 cm³/mol. The van der Waals surface area contributed by atoms with E-state index in [4.69, 9.17) is 4.74 Å². The number of aromatic nitrogens is 2. The van der Waals surface area contributed by atoms with Crippen LogP contribution in [0.1, 0.15) is 39.3 Å². The van der Waals surface area contributed by atoms with Crippen molar-refractivity contribution in [2.24, 2.45) is 5.92 Å². The average molecular weight is 265 g/mol. The van der Waals surface area contributed by atoms with Gasteiger partial charge in [0.25, 0.3) is 0 Å². The van der Waals surface area contributed by atoms with Crippen LogP contribution >= 0.6 is 0 Å². The number of nitrogens with one attached hydrogen (secondary N) is 1. The molecule has 1 aromatic heterocycles. The van der Waals surface area contributed by atoms with Crippen LogP contribution in [-0.4, -0.2) is 39.7 Å². The Morgan fingerprint density at radius 2 is 2.37 bits per heavy atom. The molecule has 2 heterocycles. The number of carbonyl (C=O) groups excluding carboxylic acids is 1. The lowest BCUT2D eigenvalue weighted by Gasteiger charge is -2.34. The predicted octanol–water partition coefficient (Wildman–Crippen LogP) is 2.60. The van der Waals surface area contributed by atoms with Crippen molar-refractivity contribution < 1.29 is 9.53 Å². The molecule has 1 amide bonds. The number of ether oxygens (including phenoxy) is 1. The Morgan fingerprint density at radius 1 is 1.58 bits per heavy atom. The zero-order valence-electron chi connectivity index (χ0n) is 12.0. The molecule has 0 aromatic carbocycles. The Hall–Kier alpha value is -1.52. The molecule has 1 fully saturated rings. The molecule has 1 atom stereocenters. The molecule has 0 saturated carbocycles. The Balaban J connectivity index is 1.88. The first-order valence-corrected chi connectivity index (χ1v) is 6.89. The van der Waals surface area contributed by atoms with Gasteiger partial charge in [0.05, 0.1) is 6.33 Å². The van der Waals surface area contributed by atoms with Crippen LogP contribution in [-0.2, 0) is 11.2 Å². The van der Waals surface area contributed by atoms with Gasteiger partial charge in [-0.1, -0.05) is 0 Å².